The molecule has 3 rings (SSSR count). The average molecular weight is 367 g/mol. The smallest absolute Gasteiger partial charge is 0.253 e. The lowest BCUT2D eigenvalue weighted by atomic mass is 10.0. The molecule has 6 heteroatoms. The van der Waals surface area contributed by atoms with Crippen molar-refractivity contribution in [3.8, 4) is 0 Å². The van der Waals surface area contributed by atoms with Crippen molar-refractivity contribution in [3.05, 3.63) is 63.9 Å². The molecule has 24 heavy (non-hydrogen) atoms. The maximum absolute atomic E-state index is 13.6. The van der Waals surface area contributed by atoms with Gasteiger partial charge in [-0.25, -0.2) is 4.39 Å². The largest absolute Gasteiger partial charge is 0.371 e. The van der Waals surface area contributed by atoms with Crippen LogP contribution >= 0.6 is 23.2 Å². The van der Waals surface area contributed by atoms with Crippen LogP contribution in [0.5, 0.6) is 0 Å². The number of benzene rings is 2. The van der Waals surface area contributed by atoms with E-state index in [2.05, 4.69) is 22.3 Å². The SMILES string of the molecule is O=C(NC1CCN(c2ccccc2)CC1)c1cc(F)c(Cl)cc1Cl. The lowest BCUT2D eigenvalue weighted by Crippen LogP contribution is -2.44. The van der Waals surface area contributed by atoms with Crippen LogP contribution in [-0.2, 0) is 0 Å². The number of para-hydroxylation sites is 1. The first-order valence-corrected chi connectivity index (χ1v) is 8.55. The summed E-state index contributed by atoms with van der Waals surface area (Å²) < 4.78 is 13.6. The summed E-state index contributed by atoms with van der Waals surface area (Å²) in [6.07, 6.45) is 1.66. The molecule has 2 aromatic carbocycles. The van der Waals surface area contributed by atoms with E-state index in [9.17, 15) is 9.18 Å². The van der Waals surface area contributed by atoms with Crippen molar-refractivity contribution in [1.29, 1.82) is 0 Å². The summed E-state index contributed by atoms with van der Waals surface area (Å²) in [5.74, 6) is -1.01. The quantitative estimate of drug-likeness (QED) is 0.809. The fourth-order valence-corrected chi connectivity index (χ4v) is 3.35. The minimum absolute atomic E-state index is 0.0484. The van der Waals surface area contributed by atoms with Crippen LogP contribution in [0.15, 0.2) is 42.5 Å². The molecule has 1 fully saturated rings. The monoisotopic (exact) mass is 366 g/mol. The van der Waals surface area contributed by atoms with Gasteiger partial charge in [-0.05, 0) is 37.1 Å². The Morgan fingerprint density at radius 1 is 1.08 bits per heavy atom. The third-order valence-corrected chi connectivity index (χ3v) is 4.81. The second-order valence-corrected chi connectivity index (χ2v) is 6.63. The van der Waals surface area contributed by atoms with Gasteiger partial charge in [0.15, 0.2) is 0 Å². The van der Waals surface area contributed by atoms with E-state index in [1.807, 2.05) is 18.2 Å². The number of carbonyl (C=O) groups is 1. The molecule has 1 aliphatic rings. The molecule has 1 N–H and O–H groups in total. The normalized spacial score (nSPS) is 15.4. The van der Waals surface area contributed by atoms with Crippen LogP contribution in [-0.4, -0.2) is 25.0 Å². The molecule has 0 unspecified atom stereocenters. The van der Waals surface area contributed by atoms with Gasteiger partial charge in [0, 0.05) is 24.8 Å². The fraction of sp³-hybridized carbons (Fsp3) is 0.278. The van der Waals surface area contributed by atoms with Gasteiger partial charge in [-0.1, -0.05) is 41.4 Å². The molecular formula is C18H17Cl2FN2O. The third kappa shape index (κ3) is 3.82. The number of piperidine rings is 1. The second-order valence-electron chi connectivity index (χ2n) is 5.82. The highest BCUT2D eigenvalue weighted by Gasteiger charge is 2.22. The van der Waals surface area contributed by atoms with E-state index >= 15 is 0 Å². The molecule has 1 amide bonds. The highest BCUT2D eigenvalue weighted by atomic mass is 35.5. The minimum atomic E-state index is -0.648. The predicted molar refractivity (Wildman–Crippen MR) is 95.6 cm³/mol. The lowest BCUT2D eigenvalue weighted by Gasteiger charge is -2.34. The van der Waals surface area contributed by atoms with E-state index in [0.717, 1.165) is 32.0 Å². The number of anilines is 1. The number of nitrogens with one attached hydrogen (secondary N) is 1. The van der Waals surface area contributed by atoms with E-state index in [0.29, 0.717) is 0 Å². The van der Waals surface area contributed by atoms with Gasteiger partial charge in [-0.15, -0.1) is 0 Å². The van der Waals surface area contributed by atoms with Gasteiger partial charge >= 0.3 is 0 Å². The summed E-state index contributed by atoms with van der Waals surface area (Å²) in [5.41, 5.74) is 1.30. The number of hydrogen-bond donors (Lipinski definition) is 1. The summed E-state index contributed by atoms with van der Waals surface area (Å²) in [5, 5.41) is 3.00. The van der Waals surface area contributed by atoms with Gasteiger partial charge in [0.05, 0.1) is 15.6 Å². The van der Waals surface area contributed by atoms with Crippen LogP contribution < -0.4 is 10.2 Å². The van der Waals surface area contributed by atoms with Crippen molar-refractivity contribution in [1.82, 2.24) is 5.32 Å². The van der Waals surface area contributed by atoms with Crippen LogP contribution in [0.4, 0.5) is 10.1 Å². The Morgan fingerprint density at radius 2 is 1.75 bits per heavy atom. The molecule has 0 bridgehead atoms. The Balaban J connectivity index is 1.60. The Bertz CT molecular complexity index is 731. The van der Waals surface area contributed by atoms with E-state index in [1.54, 1.807) is 0 Å². The van der Waals surface area contributed by atoms with Crippen molar-refractivity contribution < 1.29 is 9.18 Å². The summed E-state index contributed by atoms with van der Waals surface area (Å²) in [7, 11) is 0. The molecule has 1 aliphatic heterocycles. The molecule has 0 atom stereocenters. The van der Waals surface area contributed by atoms with Crippen LogP contribution in [0.1, 0.15) is 23.2 Å². The molecule has 126 valence electrons. The number of amides is 1. The molecule has 2 aromatic rings. The zero-order valence-corrected chi connectivity index (χ0v) is 14.4. The van der Waals surface area contributed by atoms with Gasteiger partial charge in [-0.3, -0.25) is 4.79 Å². The molecule has 0 radical (unpaired) electrons. The van der Waals surface area contributed by atoms with E-state index in [4.69, 9.17) is 23.2 Å². The standard InChI is InChI=1S/C18H17Cl2FN2O/c19-15-11-16(20)17(21)10-14(15)18(24)22-12-6-8-23(9-7-12)13-4-2-1-3-5-13/h1-5,10-12H,6-9H2,(H,22,24). The highest BCUT2D eigenvalue weighted by molar-refractivity contribution is 6.36. The van der Waals surface area contributed by atoms with Gasteiger partial charge in [0.2, 0.25) is 0 Å². The van der Waals surface area contributed by atoms with E-state index < -0.39 is 5.82 Å². The minimum Gasteiger partial charge on any atom is -0.371 e. The first-order valence-electron chi connectivity index (χ1n) is 7.80. The summed E-state index contributed by atoms with van der Waals surface area (Å²) in [6, 6.07) is 12.6. The molecule has 0 aliphatic carbocycles. The van der Waals surface area contributed by atoms with Gasteiger partial charge in [0.1, 0.15) is 5.82 Å². The summed E-state index contributed by atoms with van der Waals surface area (Å²) >= 11 is 11.7. The van der Waals surface area contributed by atoms with Crippen molar-refractivity contribution in [2.45, 2.75) is 18.9 Å². The molecule has 0 spiro atoms. The van der Waals surface area contributed by atoms with Crippen molar-refractivity contribution >= 4 is 34.8 Å². The summed E-state index contributed by atoms with van der Waals surface area (Å²) in [6.45, 7) is 1.72. The fourth-order valence-electron chi connectivity index (χ4n) is 2.88. The highest BCUT2D eigenvalue weighted by Crippen LogP contribution is 2.25. The zero-order chi connectivity index (χ0) is 17.1. The van der Waals surface area contributed by atoms with Crippen LogP contribution in [0.2, 0.25) is 10.0 Å². The molecule has 0 aromatic heterocycles. The van der Waals surface area contributed by atoms with E-state index in [-0.39, 0.29) is 27.6 Å². The van der Waals surface area contributed by atoms with Crippen LogP contribution in [0.25, 0.3) is 0 Å². The number of halogens is 3. The Morgan fingerprint density at radius 3 is 2.42 bits per heavy atom. The maximum atomic E-state index is 13.6. The zero-order valence-electron chi connectivity index (χ0n) is 12.9. The van der Waals surface area contributed by atoms with Crippen molar-refractivity contribution in [2.75, 3.05) is 18.0 Å². The number of nitrogens with zero attached hydrogens (tertiary/aromatic N) is 1. The number of hydrogen-bond acceptors (Lipinski definition) is 2. The van der Waals surface area contributed by atoms with Gasteiger partial charge in [0.25, 0.3) is 5.91 Å². The number of rotatable bonds is 3. The molecule has 3 nitrogen and oxygen atoms in total. The first kappa shape index (κ1) is 17.1. The average Bonchev–Trinajstić information content (AvgIpc) is 2.59. The van der Waals surface area contributed by atoms with Gasteiger partial charge in [-0.2, -0.15) is 0 Å². The topological polar surface area (TPSA) is 32.3 Å². The Labute approximate surface area is 150 Å². The van der Waals surface area contributed by atoms with Crippen LogP contribution in [0, 0.1) is 5.82 Å². The Hall–Kier alpha value is -1.78. The summed E-state index contributed by atoms with van der Waals surface area (Å²) in [4.78, 5) is 14.6. The Kier molecular flexibility index (Phi) is 5.27. The molecular weight excluding hydrogens is 350 g/mol. The molecule has 0 saturated carbocycles. The second kappa shape index (κ2) is 7.41. The maximum Gasteiger partial charge on any atom is 0.253 e. The van der Waals surface area contributed by atoms with Gasteiger partial charge < -0.3 is 10.2 Å². The van der Waals surface area contributed by atoms with Crippen molar-refractivity contribution in [2.24, 2.45) is 0 Å². The number of carbonyl (C=O) groups excluding carboxylic acids is 1. The first-order chi connectivity index (χ1) is 11.5. The lowest BCUT2D eigenvalue weighted by molar-refractivity contribution is 0.0931. The van der Waals surface area contributed by atoms with Crippen molar-refractivity contribution in [3.63, 3.8) is 0 Å². The molecule has 1 saturated heterocycles. The van der Waals surface area contributed by atoms with Crippen LogP contribution in [0.3, 0.4) is 0 Å². The van der Waals surface area contributed by atoms with E-state index in [1.165, 1.54) is 11.8 Å². The predicted octanol–water partition coefficient (Wildman–Crippen LogP) is 4.53. The molecule has 1 heterocycles. The third-order valence-electron chi connectivity index (χ3n) is 4.21.